The molecule has 0 unspecified atom stereocenters. The quantitative estimate of drug-likeness (QED) is 0.470. The Morgan fingerprint density at radius 2 is 1.87 bits per heavy atom. The van der Waals surface area contributed by atoms with Crippen molar-refractivity contribution < 1.29 is 33.0 Å². The molecule has 0 aromatic heterocycles. The summed E-state index contributed by atoms with van der Waals surface area (Å²) in [7, 11) is 0. The van der Waals surface area contributed by atoms with Crippen LogP contribution >= 0.6 is 0 Å². The lowest BCUT2D eigenvalue weighted by Gasteiger charge is -2.34. The number of aliphatic hydroxyl groups is 2. The van der Waals surface area contributed by atoms with Crippen molar-refractivity contribution in [3.63, 3.8) is 0 Å². The molecule has 2 atom stereocenters. The zero-order valence-corrected chi connectivity index (χ0v) is 16.9. The summed E-state index contributed by atoms with van der Waals surface area (Å²) in [5.74, 6) is -5.37. The van der Waals surface area contributed by atoms with Crippen LogP contribution < -0.4 is 16.0 Å². The number of nitrogen functional groups attached to an aromatic ring is 1. The van der Waals surface area contributed by atoms with Gasteiger partial charge in [-0.3, -0.25) is 9.59 Å². The molecule has 11 heteroatoms. The van der Waals surface area contributed by atoms with E-state index >= 15 is 0 Å². The fourth-order valence-corrected chi connectivity index (χ4v) is 3.93. The van der Waals surface area contributed by atoms with E-state index in [9.17, 15) is 33.0 Å². The molecule has 5 N–H and O–H groups in total. The molecule has 2 heterocycles. The number of alkyl halides is 2. The number of nitrogens with one attached hydrogen (secondary N) is 1. The summed E-state index contributed by atoms with van der Waals surface area (Å²) in [5, 5.41) is 22.4. The monoisotopic (exact) mass is 444 g/mol. The van der Waals surface area contributed by atoms with Gasteiger partial charge >= 0.3 is 0 Å². The summed E-state index contributed by atoms with van der Waals surface area (Å²) in [6.07, 6.45) is -3.25. The van der Waals surface area contributed by atoms with E-state index in [1.165, 1.54) is 12.1 Å². The fraction of sp³-hybridized carbons (Fsp3) is 0.600. The summed E-state index contributed by atoms with van der Waals surface area (Å²) in [4.78, 5) is 27.0. The molecule has 0 radical (unpaired) electrons. The van der Waals surface area contributed by atoms with Crippen molar-refractivity contribution in [2.75, 3.05) is 43.4 Å². The van der Waals surface area contributed by atoms with Gasteiger partial charge in [-0.05, 0) is 37.0 Å². The van der Waals surface area contributed by atoms with Crippen molar-refractivity contribution in [2.45, 2.75) is 37.4 Å². The van der Waals surface area contributed by atoms with Gasteiger partial charge in [0.2, 0.25) is 0 Å². The van der Waals surface area contributed by atoms with Crippen molar-refractivity contribution in [3.8, 4) is 0 Å². The van der Waals surface area contributed by atoms with E-state index < -0.39 is 48.7 Å². The van der Waals surface area contributed by atoms with Gasteiger partial charge in [0.15, 0.2) is 12.2 Å². The van der Waals surface area contributed by atoms with E-state index in [0.29, 0.717) is 31.6 Å². The van der Waals surface area contributed by atoms with Gasteiger partial charge in [-0.25, -0.2) is 13.2 Å². The smallest absolute Gasteiger partial charge is 0.267 e. The van der Waals surface area contributed by atoms with Crippen LogP contribution in [0.1, 0.15) is 19.3 Å². The number of hydrogen-bond acceptors (Lipinski definition) is 6. The van der Waals surface area contributed by atoms with Gasteiger partial charge in [-0.1, -0.05) is 0 Å². The summed E-state index contributed by atoms with van der Waals surface area (Å²) >= 11 is 0. The van der Waals surface area contributed by atoms with E-state index in [0.717, 1.165) is 10.6 Å². The Bertz CT molecular complexity index is 818. The van der Waals surface area contributed by atoms with Crippen LogP contribution in [-0.4, -0.2) is 77.8 Å². The lowest BCUT2D eigenvalue weighted by molar-refractivity contribution is -0.153. The molecule has 31 heavy (non-hydrogen) atoms. The molecule has 0 aliphatic carbocycles. The number of nitrogens with zero attached hydrogens (tertiary/aromatic N) is 2. The van der Waals surface area contributed by atoms with Crippen molar-refractivity contribution in [1.29, 1.82) is 0 Å². The number of amides is 2. The van der Waals surface area contributed by atoms with Gasteiger partial charge in [-0.15, -0.1) is 0 Å². The summed E-state index contributed by atoms with van der Waals surface area (Å²) in [6.45, 7) is 0.431. The lowest BCUT2D eigenvalue weighted by Crippen LogP contribution is -2.51. The maximum absolute atomic E-state index is 13.2. The predicted octanol–water partition coefficient (Wildman–Crippen LogP) is 0.330. The minimum Gasteiger partial charge on any atom is -0.397 e. The Hall–Kier alpha value is -2.53. The van der Waals surface area contributed by atoms with Crippen LogP contribution in [0.5, 0.6) is 0 Å². The number of carbonyl (C=O) groups excluding carboxylic acids is 2. The second-order valence-electron chi connectivity index (χ2n) is 8.13. The first kappa shape index (κ1) is 23.1. The number of nitrogens with two attached hydrogens (primary N) is 1. The molecule has 2 aliphatic rings. The van der Waals surface area contributed by atoms with E-state index in [4.69, 9.17) is 5.73 Å². The molecule has 0 spiro atoms. The van der Waals surface area contributed by atoms with Gasteiger partial charge in [-0.2, -0.15) is 0 Å². The van der Waals surface area contributed by atoms with E-state index in [2.05, 4.69) is 5.32 Å². The maximum Gasteiger partial charge on any atom is 0.267 e. The zero-order valence-electron chi connectivity index (χ0n) is 16.9. The van der Waals surface area contributed by atoms with Crippen LogP contribution in [0.25, 0.3) is 0 Å². The highest BCUT2D eigenvalue weighted by atomic mass is 19.3. The molecule has 1 aromatic rings. The Morgan fingerprint density at radius 1 is 1.19 bits per heavy atom. The number of anilines is 2. The molecule has 2 amide bonds. The number of rotatable bonds is 6. The van der Waals surface area contributed by atoms with E-state index in [1.54, 1.807) is 6.07 Å². The zero-order chi connectivity index (χ0) is 22.8. The highest BCUT2D eigenvalue weighted by Crippen LogP contribution is 2.29. The molecule has 0 saturated carbocycles. The van der Waals surface area contributed by atoms with Crippen LogP contribution in [0.3, 0.4) is 0 Å². The van der Waals surface area contributed by atoms with Crippen LogP contribution in [0.4, 0.5) is 24.5 Å². The Labute approximate surface area is 177 Å². The first-order valence-electron chi connectivity index (χ1n) is 10.2. The molecule has 2 aliphatic heterocycles. The van der Waals surface area contributed by atoms with Crippen molar-refractivity contribution in [3.05, 3.63) is 24.0 Å². The molecule has 1 aromatic carbocycles. The summed E-state index contributed by atoms with van der Waals surface area (Å²) in [6, 6.07) is 4.23. The predicted molar refractivity (Wildman–Crippen MR) is 107 cm³/mol. The average molecular weight is 444 g/mol. The second-order valence-corrected chi connectivity index (χ2v) is 8.13. The third-order valence-electron chi connectivity index (χ3n) is 5.81. The number of benzene rings is 1. The standard InChI is InChI=1S/C20H27F3N4O4/c21-13-1-2-15(14(24)9-13)26-6-3-12(4-7-26)10-25-18(30)16(28)17(29)19(31)27-8-5-20(22,23)11-27/h1-2,9,12,16-17,28-29H,3-8,10-11,24H2,(H,25,30)/t16-,17-/m1/s1. The van der Waals surface area contributed by atoms with Gasteiger partial charge < -0.3 is 31.1 Å². The van der Waals surface area contributed by atoms with Crippen molar-refractivity contribution >= 4 is 23.2 Å². The number of piperidine rings is 1. The number of carbonyl (C=O) groups is 2. The Balaban J connectivity index is 1.44. The van der Waals surface area contributed by atoms with Crippen LogP contribution in [0, 0.1) is 11.7 Å². The highest BCUT2D eigenvalue weighted by Gasteiger charge is 2.43. The topological polar surface area (TPSA) is 119 Å². The summed E-state index contributed by atoms with van der Waals surface area (Å²) in [5.41, 5.74) is 6.96. The number of halogens is 3. The van der Waals surface area contributed by atoms with Gasteiger partial charge in [0.1, 0.15) is 5.82 Å². The molecule has 3 rings (SSSR count). The molecular formula is C20H27F3N4O4. The van der Waals surface area contributed by atoms with Gasteiger partial charge in [0, 0.05) is 32.6 Å². The number of hydrogen-bond donors (Lipinski definition) is 4. The SMILES string of the molecule is Nc1cc(F)ccc1N1CCC(CNC(=O)[C@H](O)[C@@H](O)C(=O)N2CCC(F)(F)C2)CC1. The van der Waals surface area contributed by atoms with Gasteiger partial charge in [0.25, 0.3) is 17.7 Å². The van der Waals surface area contributed by atoms with Gasteiger partial charge in [0.05, 0.1) is 17.9 Å². The highest BCUT2D eigenvalue weighted by molar-refractivity contribution is 5.90. The molecule has 0 bridgehead atoms. The van der Waals surface area contributed by atoms with Crippen LogP contribution in [0.15, 0.2) is 18.2 Å². The number of aliphatic hydroxyl groups excluding tert-OH is 2. The molecule has 2 fully saturated rings. The van der Waals surface area contributed by atoms with Crippen molar-refractivity contribution in [2.24, 2.45) is 5.92 Å². The fourth-order valence-electron chi connectivity index (χ4n) is 3.93. The third kappa shape index (κ3) is 5.59. The number of likely N-dealkylation sites (tertiary alicyclic amines) is 1. The van der Waals surface area contributed by atoms with E-state index in [1.807, 2.05) is 4.90 Å². The first-order chi connectivity index (χ1) is 14.6. The molecule has 172 valence electrons. The van der Waals surface area contributed by atoms with Crippen LogP contribution in [-0.2, 0) is 9.59 Å². The second kappa shape index (κ2) is 9.31. The molecule has 2 saturated heterocycles. The van der Waals surface area contributed by atoms with Crippen molar-refractivity contribution in [1.82, 2.24) is 10.2 Å². The minimum absolute atomic E-state index is 0.0965. The van der Waals surface area contributed by atoms with Crippen LogP contribution in [0.2, 0.25) is 0 Å². The largest absolute Gasteiger partial charge is 0.397 e. The molecular weight excluding hydrogens is 417 g/mol. The minimum atomic E-state index is -3.03. The maximum atomic E-state index is 13.2. The molecule has 8 nitrogen and oxygen atoms in total. The average Bonchev–Trinajstić information content (AvgIpc) is 3.10. The Morgan fingerprint density at radius 3 is 2.45 bits per heavy atom. The van der Waals surface area contributed by atoms with E-state index in [-0.39, 0.29) is 19.0 Å². The normalized spacial score (nSPS) is 21.1. The first-order valence-corrected chi connectivity index (χ1v) is 10.2. The lowest BCUT2D eigenvalue weighted by atomic mass is 9.96. The summed E-state index contributed by atoms with van der Waals surface area (Å²) < 4.78 is 39.7. The Kier molecular flexibility index (Phi) is 6.95. The third-order valence-corrected chi connectivity index (χ3v) is 5.81.